The van der Waals surface area contributed by atoms with Gasteiger partial charge in [-0.2, -0.15) is 0 Å². The number of para-hydroxylation sites is 1. The van der Waals surface area contributed by atoms with E-state index in [1.165, 1.54) is 12.8 Å². The predicted octanol–water partition coefficient (Wildman–Crippen LogP) is 3.34. The van der Waals surface area contributed by atoms with Gasteiger partial charge in [0, 0.05) is 23.7 Å². The van der Waals surface area contributed by atoms with E-state index in [9.17, 15) is 4.79 Å². The topological polar surface area (TPSA) is 54.0 Å². The Morgan fingerprint density at radius 3 is 2.81 bits per heavy atom. The minimum Gasteiger partial charge on any atom is -0.385 e. The Balaban J connectivity index is 1.92. The fourth-order valence-electron chi connectivity index (χ4n) is 2.96. The number of fused-ring (bicyclic) bond motifs is 1. The van der Waals surface area contributed by atoms with E-state index in [1.54, 1.807) is 0 Å². The van der Waals surface area contributed by atoms with E-state index in [4.69, 9.17) is 0 Å². The molecule has 0 atom stereocenters. The van der Waals surface area contributed by atoms with Crippen molar-refractivity contribution >= 4 is 22.5 Å². The Labute approximate surface area is 125 Å². The van der Waals surface area contributed by atoms with Crippen LogP contribution in [0.5, 0.6) is 0 Å². The largest absolute Gasteiger partial charge is 0.385 e. The van der Waals surface area contributed by atoms with E-state index < -0.39 is 0 Å². The van der Waals surface area contributed by atoms with Crippen molar-refractivity contribution < 1.29 is 4.79 Å². The number of nitrogens with zero attached hydrogens (tertiary/aromatic N) is 1. The first-order valence-electron chi connectivity index (χ1n) is 7.72. The SMILES string of the molecule is CCNc1cc(C(=O)NC2CCCC2)nc2ccccc12. The van der Waals surface area contributed by atoms with Gasteiger partial charge in [0.1, 0.15) is 5.69 Å². The first-order valence-corrected chi connectivity index (χ1v) is 7.72. The molecule has 1 aliphatic carbocycles. The summed E-state index contributed by atoms with van der Waals surface area (Å²) in [5, 5.41) is 7.47. The van der Waals surface area contributed by atoms with Crippen LogP contribution in [-0.2, 0) is 0 Å². The molecule has 1 heterocycles. The fourth-order valence-corrected chi connectivity index (χ4v) is 2.96. The molecule has 4 nitrogen and oxygen atoms in total. The Kier molecular flexibility index (Phi) is 4.04. The van der Waals surface area contributed by atoms with Crippen LogP contribution in [0.2, 0.25) is 0 Å². The molecule has 110 valence electrons. The van der Waals surface area contributed by atoms with E-state index in [-0.39, 0.29) is 5.91 Å². The van der Waals surface area contributed by atoms with E-state index in [0.717, 1.165) is 36.0 Å². The molecule has 2 N–H and O–H groups in total. The lowest BCUT2D eigenvalue weighted by Gasteiger charge is -2.14. The molecule has 1 fully saturated rings. The molecule has 1 amide bonds. The second-order valence-electron chi connectivity index (χ2n) is 5.56. The molecule has 1 aliphatic rings. The molecule has 0 aliphatic heterocycles. The molecule has 1 aromatic heterocycles. The molecule has 0 spiro atoms. The number of anilines is 1. The molecule has 21 heavy (non-hydrogen) atoms. The van der Waals surface area contributed by atoms with Gasteiger partial charge in [-0.3, -0.25) is 4.79 Å². The first-order chi connectivity index (χ1) is 10.3. The summed E-state index contributed by atoms with van der Waals surface area (Å²) in [5.41, 5.74) is 2.32. The maximum Gasteiger partial charge on any atom is 0.270 e. The molecule has 0 bridgehead atoms. The van der Waals surface area contributed by atoms with Crippen molar-refractivity contribution in [3.63, 3.8) is 0 Å². The zero-order valence-corrected chi connectivity index (χ0v) is 12.4. The highest BCUT2D eigenvalue weighted by molar-refractivity contribution is 5.99. The number of rotatable bonds is 4. The minimum absolute atomic E-state index is 0.0631. The summed E-state index contributed by atoms with van der Waals surface area (Å²) >= 11 is 0. The lowest BCUT2D eigenvalue weighted by molar-refractivity contribution is 0.0933. The van der Waals surface area contributed by atoms with E-state index >= 15 is 0 Å². The summed E-state index contributed by atoms with van der Waals surface area (Å²) in [6, 6.07) is 10.1. The number of hydrogen-bond acceptors (Lipinski definition) is 3. The Hall–Kier alpha value is -2.10. The van der Waals surface area contributed by atoms with Gasteiger partial charge in [0.05, 0.1) is 5.52 Å². The summed E-state index contributed by atoms with van der Waals surface area (Å²) in [6.07, 6.45) is 4.58. The number of nitrogens with one attached hydrogen (secondary N) is 2. The van der Waals surface area contributed by atoms with Gasteiger partial charge in [-0.05, 0) is 31.9 Å². The average molecular weight is 283 g/mol. The molecular weight excluding hydrogens is 262 g/mol. The van der Waals surface area contributed by atoms with Crippen LogP contribution in [0.25, 0.3) is 10.9 Å². The van der Waals surface area contributed by atoms with Crippen molar-refractivity contribution in [2.45, 2.75) is 38.6 Å². The molecular formula is C17H21N3O. The normalized spacial score (nSPS) is 15.3. The van der Waals surface area contributed by atoms with Gasteiger partial charge in [-0.25, -0.2) is 4.98 Å². The standard InChI is InChI=1S/C17H21N3O/c1-2-18-15-11-16(17(21)19-12-7-3-4-8-12)20-14-10-6-5-9-13(14)15/h5-6,9-12H,2-4,7-8H2,1H3,(H,18,20)(H,19,21). The summed E-state index contributed by atoms with van der Waals surface area (Å²) in [7, 11) is 0. The van der Waals surface area contributed by atoms with E-state index in [2.05, 4.69) is 15.6 Å². The molecule has 0 unspecified atom stereocenters. The maximum absolute atomic E-state index is 12.4. The van der Waals surface area contributed by atoms with Crippen molar-refractivity contribution in [3.8, 4) is 0 Å². The van der Waals surface area contributed by atoms with Gasteiger partial charge in [-0.15, -0.1) is 0 Å². The Bertz CT molecular complexity index is 648. The highest BCUT2D eigenvalue weighted by atomic mass is 16.1. The summed E-state index contributed by atoms with van der Waals surface area (Å²) in [6.45, 7) is 2.87. The molecule has 3 rings (SSSR count). The highest BCUT2D eigenvalue weighted by Crippen LogP contribution is 2.24. The third-order valence-electron chi connectivity index (χ3n) is 4.01. The van der Waals surface area contributed by atoms with Gasteiger partial charge in [-0.1, -0.05) is 31.0 Å². The molecule has 4 heteroatoms. The quantitative estimate of drug-likeness (QED) is 0.905. The molecule has 2 aromatic rings. The molecule has 1 saturated carbocycles. The minimum atomic E-state index is -0.0631. The number of aromatic nitrogens is 1. The number of carbonyl (C=O) groups is 1. The zero-order chi connectivity index (χ0) is 14.7. The van der Waals surface area contributed by atoms with Crippen molar-refractivity contribution in [1.29, 1.82) is 0 Å². The van der Waals surface area contributed by atoms with Crippen LogP contribution in [0.1, 0.15) is 43.1 Å². The van der Waals surface area contributed by atoms with Gasteiger partial charge in [0.25, 0.3) is 5.91 Å². The smallest absolute Gasteiger partial charge is 0.270 e. The Morgan fingerprint density at radius 1 is 1.29 bits per heavy atom. The highest BCUT2D eigenvalue weighted by Gasteiger charge is 2.19. The Morgan fingerprint density at radius 2 is 2.05 bits per heavy atom. The molecule has 1 aromatic carbocycles. The maximum atomic E-state index is 12.4. The monoisotopic (exact) mass is 283 g/mol. The zero-order valence-electron chi connectivity index (χ0n) is 12.4. The molecule has 0 radical (unpaired) electrons. The second-order valence-corrected chi connectivity index (χ2v) is 5.56. The van der Waals surface area contributed by atoms with Gasteiger partial charge in [0.2, 0.25) is 0 Å². The van der Waals surface area contributed by atoms with E-state index in [1.807, 2.05) is 37.3 Å². The van der Waals surface area contributed by atoms with Crippen LogP contribution in [0.3, 0.4) is 0 Å². The third kappa shape index (κ3) is 2.99. The fraction of sp³-hybridized carbons (Fsp3) is 0.412. The number of hydrogen-bond donors (Lipinski definition) is 2. The van der Waals surface area contributed by atoms with Crippen LogP contribution >= 0.6 is 0 Å². The summed E-state index contributed by atoms with van der Waals surface area (Å²) in [5.74, 6) is -0.0631. The van der Waals surface area contributed by atoms with E-state index in [0.29, 0.717) is 11.7 Å². The van der Waals surface area contributed by atoms with Crippen molar-refractivity contribution in [2.24, 2.45) is 0 Å². The van der Waals surface area contributed by atoms with Crippen LogP contribution in [0.15, 0.2) is 30.3 Å². The number of pyridine rings is 1. The number of carbonyl (C=O) groups excluding carboxylic acids is 1. The second kappa shape index (κ2) is 6.12. The van der Waals surface area contributed by atoms with Crippen molar-refractivity contribution in [2.75, 3.05) is 11.9 Å². The first kappa shape index (κ1) is 13.9. The van der Waals surface area contributed by atoms with Gasteiger partial charge < -0.3 is 10.6 Å². The lowest BCUT2D eigenvalue weighted by Crippen LogP contribution is -2.33. The third-order valence-corrected chi connectivity index (χ3v) is 4.01. The predicted molar refractivity (Wildman–Crippen MR) is 85.6 cm³/mol. The molecule has 0 saturated heterocycles. The van der Waals surface area contributed by atoms with Crippen molar-refractivity contribution in [1.82, 2.24) is 10.3 Å². The number of benzene rings is 1. The van der Waals surface area contributed by atoms with Crippen LogP contribution < -0.4 is 10.6 Å². The number of amides is 1. The van der Waals surface area contributed by atoms with Gasteiger partial charge >= 0.3 is 0 Å². The summed E-state index contributed by atoms with van der Waals surface area (Å²) in [4.78, 5) is 16.9. The van der Waals surface area contributed by atoms with Crippen molar-refractivity contribution in [3.05, 3.63) is 36.0 Å². The van der Waals surface area contributed by atoms with Gasteiger partial charge in [0.15, 0.2) is 0 Å². The van der Waals surface area contributed by atoms with Crippen LogP contribution in [0.4, 0.5) is 5.69 Å². The summed E-state index contributed by atoms with van der Waals surface area (Å²) < 4.78 is 0. The van der Waals surface area contributed by atoms with Crippen LogP contribution in [0, 0.1) is 0 Å². The lowest BCUT2D eigenvalue weighted by atomic mass is 10.1. The average Bonchev–Trinajstić information content (AvgIpc) is 3.00. The van der Waals surface area contributed by atoms with Crippen LogP contribution in [-0.4, -0.2) is 23.5 Å².